The number of aliphatic carboxylic acids is 2. The third-order valence-electron chi connectivity index (χ3n) is 7.82. The number of hydrogen-bond acceptors (Lipinski definition) is 6. The Morgan fingerprint density at radius 1 is 0.478 bits per heavy atom. The van der Waals surface area contributed by atoms with Gasteiger partial charge in [0.15, 0.2) is 5.25 Å². The molecule has 10 heteroatoms. The van der Waals surface area contributed by atoms with Crippen LogP contribution in [0.15, 0.2) is 0 Å². The van der Waals surface area contributed by atoms with Gasteiger partial charge in [0.2, 0.25) is 0 Å². The molecule has 0 aliphatic carbocycles. The SMILES string of the molecule is CCCCCCCCNCCCCCCCC.CCCCCCCCNCCCCCCCC.O=C(O)CC(C(=O)O)S(=O)(=O)O. The molecule has 0 aliphatic heterocycles. The molecule has 46 heavy (non-hydrogen) atoms. The number of rotatable bonds is 32. The van der Waals surface area contributed by atoms with Gasteiger partial charge in [-0.15, -0.1) is 0 Å². The molecule has 0 aromatic heterocycles. The van der Waals surface area contributed by atoms with Crippen molar-refractivity contribution in [2.45, 2.75) is 193 Å². The summed E-state index contributed by atoms with van der Waals surface area (Å²) in [6.45, 7) is 14.1. The zero-order valence-electron chi connectivity index (χ0n) is 30.5. The molecule has 0 fully saturated rings. The summed E-state index contributed by atoms with van der Waals surface area (Å²) in [5.74, 6) is -3.50. The Morgan fingerprint density at radius 3 is 0.891 bits per heavy atom. The van der Waals surface area contributed by atoms with E-state index in [0.717, 1.165) is 0 Å². The maximum atomic E-state index is 10.2. The highest BCUT2D eigenvalue weighted by atomic mass is 32.2. The second-order valence-corrected chi connectivity index (χ2v) is 14.1. The van der Waals surface area contributed by atoms with Crippen molar-refractivity contribution in [2.75, 3.05) is 26.2 Å². The molecule has 0 aromatic rings. The van der Waals surface area contributed by atoms with Crippen LogP contribution in [0.2, 0.25) is 0 Å². The molecule has 0 saturated heterocycles. The van der Waals surface area contributed by atoms with Crippen molar-refractivity contribution in [3.8, 4) is 0 Å². The summed E-state index contributed by atoms with van der Waals surface area (Å²) in [5.41, 5.74) is 0. The molecule has 0 bridgehead atoms. The first-order valence-electron chi connectivity index (χ1n) is 18.9. The van der Waals surface area contributed by atoms with Crippen LogP contribution in [0.25, 0.3) is 0 Å². The summed E-state index contributed by atoms with van der Waals surface area (Å²) in [4.78, 5) is 20.0. The van der Waals surface area contributed by atoms with E-state index in [4.69, 9.17) is 14.8 Å². The minimum absolute atomic E-state index is 1.16. The Kier molecular flexibility index (Phi) is 42.7. The lowest BCUT2D eigenvalue weighted by molar-refractivity contribution is -0.143. The van der Waals surface area contributed by atoms with Crippen molar-refractivity contribution in [3.05, 3.63) is 0 Å². The summed E-state index contributed by atoms with van der Waals surface area (Å²) in [7, 11) is -4.84. The van der Waals surface area contributed by atoms with E-state index in [1.54, 1.807) is 0 Å². The van der Waals surface area contributed by atoms with E-state index in [2.05, 4.69) is 38.3 Å². The Bertz CT molecular complexity index is 678. The van der Waals surface area contributed by atoms with Gasteiger partial charge in [-0.2, -0.15) is 8.42 Å². The van der Waals surface area contributed by atoms with Crippen molar-refractivity contribution >= 4 is 22.1 Å². The highest BCUT2D eigenvalue weighted by Gasteiger charge is 2.33. The molecular weight excluding hydrogens is 604 g/mol. The van der Waals surface area contributed by atoms with Gasteiger partial charge in [0.05, 0.1) is 6.42 Å². The summed E-state index contributed by atoms with van der Waals surface area (Å²) in [6.07, 6.45) is 32.6. The number of carbonyl (C=O) groups is 2. The lowest BCUT2D eigenvalue weighted by Gasteiger charge is -2.04. The lowest BCUT2D eigenvalue weighted by Crippen LogP contribution is -2.31. The topological polar surface area (TPSA) is 153 Å². The number of nitrogens with one attached hydrogen (secondary N) is 2. The molecule has 0 spiro atoms. The van der Waals surface area contributed by atoms with E-state index >= 15 is 0 Å². The largest absolute Gasteiger partial charge is 0.481 e. The van der Waals surface area contributed by atoms with Gasteiger partial charge in [0.1, 0.15) is 0 Å². The van der Waals surface area contributed by atoms with Gasteiger partial charge < -0.3 is 20.8 Å². The number of carboxylic acid groups (broad SMARTS) is 2. The lowest BCUT2D eigenvalue weighted by atomic mass is 10.1. The van der Waals surface area contributed by atoms with Crippen LogP contribution in [0.4, 0.5) is 0 Å². The molecule has 5 N–H and O–H groups in total. The van der Waals surface area contributed by atoms with Crippen molar-refractivity contribution in [1.82, 2.24) is 10.6 Å². The van der Waals surface area contributed by atoms with Crippen molar-refractivity contribution in [2.24, 2.45) is 0 Å². The molecule has 0 rings (SSSR count). The van der Waals surface area contributed by atoms with Gasteiger partial charge in [-0.05, 0) is 51.9 Å². The first-order valence-corrected chi connectivity index (χ1v) is 20.4. The van der Waals surface area contributed by atoms with Crippen molar-refractivity contribution in [1.29, 1.82) is 0 Å². The van der Waals surface area contributed by atoms with Crippen LogP contribution in [0.5, 0.6) is 0 Å². The molecule has 0 radical (unpaired) electrons. The molecule has 278 valence electrons. The second-order valence-electron chi connectivity index (χ2n) is 12.5. The Morgan fingerprint density at radius 2 is 0.717 bits per heavy atom. The highest BCUT2D eigenvalue weighted by Crippen LogP contribution is 2.07. The standard InChI is InChI=1S/2C16H35N.C4H6O7S/c2*1-3-5-7-9-11-13-15-17-16-14-12-10-8-6-4-2;5-3(6)1-2(4(7)8)12(9,10)11/h2*17H,3-16H2,1-2H3;2H,1H2,(H,5,6)(H,7,8)(H,9,10,11). The smallest absolute Gasteiger partial charge is 0.325 e. The number of unbranched alkanes of at least 4 members (excludes halogenated alkanes) is 20. The quantitative estimate of drug-likeness (QED) is 0.0345. The van der Waals surface area contributed by atoms with Crippen LogP contribution in [0.3, 0.4) is 0 Å². The molecule has 0 saturated carbocycles. The maximum Gasteiger partial charge on any atom is 0.325 e. The third-order valence-corrected chi connectivity index (χ3v) is 8.91. The van der Waals surface area contributed by atoms with E-state index in [0.29, 0.717) is 0 Å². The fourth-order valence-electron chi connectivity index (χ4n) is 4.85. The zero-order valence-corrected chi connectivity index (χ0v) is 31.3. The minimum atomic E-state index is -4.84. The summed E-state index contributed by atoms with van der Waals surface area (Å²) >= 11 is 0. The number of carboxylic acids is 2. The monoisotopic (exact) mass is 681 g/mol. The van der Waals surface area contributed by atoms with E-state index in [1.807, 2.05) is 0 Å². The molecule has 0 amide bonds. The first-order chi connectivity index (χ1) is 22.1. The van der Waals surface area contributed by atoms with E-state index < -0.39 is 33.7 Å². The predicted molar refractivity (Wildman–Crippen MR) is 194 cm³/mol. The van der Waals surface area contributed by atoms with Gasteiger partial charge in [0, 0.05) is 0 Å². The fraction of sp³-hybridized carbons (Fsp3) is 0.944. The zero-order chi connectivity index (χ0) is 35.2. The van der Waals surface area contributed by atoms with Crippen molar-refractivity contribution < 1.29 is 32.8 Å². The maximum absolute atomic E-state index is 10.2. The van der Waals surface area contributed by atoms with Crippen LogP contribution in [0, 0.1) is 0 Å². The van der Waals surface area contributed by atoms with E-state index in [9.17, 15) is 18.0 Å². The highest BCUT2D eigenvalue weighted by molar-refractivity contribution is 7.87. The molecule has 1 atom stereocenters. The average molecular weight is 681 g/mol. The van der Waals surface area contributed by atoms with Crippen LogP contribution in [0.1, 0.15) is 188 Å². The van der Waals surface area contributed by atoms with Gasteiger partial charge in [-0.1, -0.05) is 156 Å². The molecule has 1 unspecified atom stereocenters. The van der Waals surface area contributed by atoms with E-state index in [-0.39, 0.29) is 0 Å². The Hall–Kier alpha value is -1.23. The second kappa shape index (κ2) is 39.9. The van der Waals surface area contributed by atoms with E-state index in [1.165, 1.54) is 180 Å². The molecule has 9 nitrogen and oxygen atoms in total. The third kappa shape index (κ3) is 44.9. The number of hydrogen-bond donors (Lipinski definition) is 5. The molecule has 0 aromatic carbocycles. The van der Waals surface area contributed by atoms with Crippen LogP contribution in [-0.4, -0.2) is 66.6 Å². The van der Waals surface area contributed by atoms with Gasteiger partial charge in [-0.3, -0.25) is 14.1 Å². The molecule has 0 heterocycles. The molecule has 0 aliphatic rings. The van der Waals surface area contributed by atoms with Gasteiger partial charge in [-0.25, -0.2) is 0 Å². The first kappa shape index (κ1) is 49.2. The van der Waals surface area contributed by atoms with Gasteiger partial charge in [0.25, 0.3) is 10.1 Å². The minimum Gasteiger partial charge on any atom is -0.481 e. The summed E-state index contributed by atoms with van der Waals surface area (Å²) in [5, 5.41) is 21.1. The Labute approximate surface area is 284 Å². The van der Waals surface area contributed by atoms with Gasteiger partial charge >= 0.3 is 11.9 Å². The normalized spacial score (nSPS) is 11.7. The molecular formula is C36H76N2O7S. The fourth-order valence-corrected chi connectivity index (χ4v) is 5.46. The predicted octanol–water partition coefficient (Wildman–Crippen LogP) is 9.40. The Balaban J connectivity index is -0.000000614. The van der Waals surface area contributed by atoms with Crippen LogP contribution >= 0.6 is 0 Å². The summed E-state index contributed by atoms with van der Waals surface area (Å²) in [6, 6.07) is 0. The van der Waals surface area contributed by atoms with Crippen LogP contribution in [-0.2, 0) is 19.7 Å². The average Bonchev–Trinajstić information content (AvgIpc) is 3.00. The van der Waals surface area contributed by atoms with Crippen molar-refractivity contribution in [3.63, 3.8) is 0 Å². The van der Waals surface area contributed by atoms with Crippen LogP contribution < -0.4 is 10.6 Å². The summed E-state index contributed by atoms with van der Waals surface area (Å²) < 4.78 is 28.7.